The maximum atomic E-state index is 9.66. The van der Waals surface area contributed by atoms with Crippen LogP contribution in [0.2, 0.25) is 0 Å². The standard InChI is InChI=1S/C11H18O/c1-5-10(12)9-7-6-8(2)11(9,3)4/h5-6,9-10,12H,1,7H2,2-4H3. The Morgan fingerprint density at radius 3 is 2.67 bits per heavy atom. The Balaban J connectivity index is 2.80. The largest absolute Gasteiger partial charge is 0.389 e. The molecule has 1 heteroatoms. The Bertz CT molecular complexity index is 213. The van der Waals surface area contributed by atoms with Crippen LogP contribution in [0.5, 0.6) is 0 Å². The lowest BCUT2D eigenvalue weighted by molar-refractivity contribution is 0.0981. The van der Waals surface area contributed by atoms with Crippen molar-refractivity contribution < 1.29 is 5.11 Å². The van der Waals surface area contributed by atoms with Gasteiger partial charge in [0.25, 0.3) is 0 Å². The number of hydrogen-bond acceptors (Lipinski definition) is 1. The van der Waals surface area contributed by atoms with Crippen LogP contribution >= 0.6 is 0 Å². The molecule has 1 aliphatic carbocycles. The molecule has 0 aliphatic heterocycles. The van der Waals surface area contributed by atoms with Crippen LogP contribution in [-0.4, -0.2) is 11.2 Å². The number of allylic oxidation sites excluding steroid dienone is 2. The van der Waals surface area contributed by atoms with Gasteiger partial charge in [0.1, 0.15) is 0 Å². The zero-order valence-electron chi connectivity index (χ0n) is 8.17. The second-order valence-corrected chi connectivity index (χ2v) is 4.18. The van der Waals surface area contributed by atoms with Crippen molar-refractivity contribution in [1.29, 1.82) is 0 Å². The van der Waals surface area contributed by atoms with Gasteiger partial charge >= 0.3 is 0 Å². The second kappa shape index (κ2) is 3.06. The summed E-state index contributed by atoms with van der Waals surface area (Å²) < 4.78 is 0. The van der Waals surface area contributed by atoms with Gasteiger partial charge in [0, 0.05) is 5.92 Å². The molecule has 12 heavy (non-hydrogen) atoms. The van der Waals surface area contributed by atoms with Crippen molar-refractivity contribution in [3.8, 4) is 0 Å². The molecule has 68 valence electrons. The number of rotatable bonds is 2. The molecule has 1 nitrogen and oxygen atoms in total. The molecule has 0 aromatic carbocycles. The summed E-state index contributed by atoms with van der Waals surface area (Å²) in [6, 6.07) is 0. The molecular weight excluding hydrogens is 148 g/mol. The van der Waals surface area contributed by atoms with Gasteiger partial charge in [0.15, 0.2) is 0 Å². The lowest BCUT2D eigenvalue weighted by atomic mass is 9.75. The zero-order valence-corrected chi connectivity index (χ0v) is 8.17. The van der Waals surface area contributed by atoms with Crippen molar-refractivity contribution >= 4 is 0 Å². The first-order valence-electron chi connectivity index (χ1n) is 4.48. The maximum Gasteiger partial charge on any atom is 0.0757 e. The van der Waals surface area contributed by atoms with E-state index < -0.39 is 0 Å². The molecule has 0 bridgehead atoms. The molecule has 0 aromatic rings. The van der Waals surface area contributed by atoms with Gasteiger partial charge in [-0.25, -0.2) is 0 Å². The molecule has 1 aliphatic rings. The lowest BCUT2D eigenvalue weighted by Crippen LogP contribution is -2.29. The number of aliphatic hydroxyl groups is 1. The molecule has 0 radical (unpaired) electrons. The monoisotopic (exact) mass is 166 g/mol. The highest BCUT2D eigenvalue weighted by Crippen LogP contribution is 2.44. The van der Waals surface area contributed by atoms with Gasteiger partial charge in [-0.3, -0.25) is 0 Å². The van der Waals surface area contributed by atoms with Crippen LogP contribution in [0, 0.1) is 11.3 Å². The van der Waals surface area contributed by atoms with E-state index in [0.717, 1.165) is 6.42 Å². The van der Waals surface area contributed by atoms with Crippen LogP contribution in [0.3, 0.4) is 0 Å². The molecule has 2 atom stereocenters. The summed E-state index contributed by atoms with van der Waals surface area (Å²) in [6.45, 7) is 10.1. The molecule has 0 spiro atoms. The van der Waals surface area contributed by atoms with E-state index in [2.05, 4.69) is 33.4 Å². The summed E-state index contributed by atoms with van der Waals surface area (Å²) in [5.74, 6) is 0.315. The van der Waals surface area contributed by atoms with Gasteiger partial charge in [-0.15, -0.1) is 6.58 Å². The lowest BCUT2D eigenvalue weighted by Gasteiger charge is -2.31. The van der Waals surface area contributed by atoms with Gasteiger partial charge in [-0.05, 0) is 18.8 Å². The summed E-state index contributed by atoms with van der Waals surface area (Å²) in [4.78, 5) is 0. The van der Waals surface area contributed by atoms with Crippen LogP contribution in [0.25, 0.3) is 0 Å². The molecule has 0 aromatic heterocycles. The van der Waals surface area contributed by atoms with E-state index in [-0.39, 0.29) is 11.5 Å². The molecule has 1 rings (SSSR count). The van der Waals surface area contributed by atoms with E-state index >= 15 is 0 Å². The SMILES string of the molecule is C=CC(O)C1CC=C(C)C1(C)C. The van der Waals surface area contributed by atoms with Crippen LogP contribution in [-0.2, 0) is 0 Å². The Morgan fingerprint density at radius 2 is 2.33 bits per heavy atom. The summed E-state index contributed by atoms with van der Waals surface area (Å²) in [5.41, 5.74) is 1.52. The maximum absolute atomic E-state index is 9.66. The van der Waals surface area contributed by atoms with Crippen LogP contribution in [0.1, 0.15) is 27.2 Å². The highest BCUT2D eigenvalue weighted by molar-refractivity contribution is 5.20. The molecule has 0 heterocycles. The van der Waals surface area contributed by atoms with E-state index in [1.807, 2.05) is 0 Å². The van der Waals surface area contributed by atoms with E-state index in [4.69, 9.17) is 0 Å². The summed E-state index contributed by atoms with van der Waals surface area (Å²) in [7, 11) is 0. The van der Waals surface area contributed by atoms with E-state index in [9.17, 15) is 5.11 Å². The Morgan fingerprint density at radius 1 is 1.75 bits per heavy atom. The van der Waals surface area contributed by atoms with E-state index in [0.29, 0.717) is 5.92 Å². The van der Waals surface area contributed by atoms with Crippen molar-refractivity contribution in [3.63, 3.8) is 0 Å². The third-order valence-electron chi connectivity index (χ3n) is 3.28. The molecule has 0 saturated carbocycles. The smallest absolute Gasteiger partial charge is 0.0757 e. The first-order valence-corrected chi connectivity index (χ1v) is 4.48. The summed E-state index contributed by atoms with van der Waals surface area (Å²) in [5, 5.41) is 9.66. The van der Waals surface area contributed by atoms with Gasteiger partial charge in [0.2, 0.25) is 0 Å². The van der Waals surface area contributed by atoms with Crippen molar-refractivity contribution in [2.75, 3.05) is 0 Å². The first-order chi connectivity index (χ1) is 5.50. The molecule has 0 fully saturated rings. The average molecular weight is 166 g/mol. The molecule has 1 N–H and O–H groups in total. The normalized spacial score (nSPS) is 29.7. The predicted octanol–water partition coefficient (Wildman–Crippen LogP) is 2.53. The summed E-state index contributed by atoms with van der Waals surface area (Å²) in [6.07, 6.45) is 4.47. The van der Waals surface area contributed by atoms with E-state index in [1.165, 1.54) is 5.57 Å². The van der Waals surface area contributed by atoms with Crippen LogP contribution in [0.15, 0.2) is 24.3 Å². The molecule has 2 unspecified atom stereocenters. The van der Waals surface area contributed by atoms with Gasteiger partial charge in [-0.1, -0.05) is 31.6 Å². The van der Waals surface area contributed by atoms with Gasteiger partial charge in [-0.2, -0.15) is 0 Å². The molecule has 0 amide bonds. The first kappa shape index (κ1) is 9.53. The van der Waals surface area contributed by atoms with Gasteiger partial charge in [0.05, 0.1) is 6.10 Å². The molecule has 0 saturated heterocycles. The fraction of sp³-hybridized carbons (Fsp3) is 0.636. The zero-order chi connectivity index (χ0) is 9.35. The highest BCUT2D eigenvalue weighted by atomic mass is 16.3. The van der Waals surface area contributed by atoms with Crippen LogP contribution < -0.4 is 0 Å². The topological polar surface area (TPSA) is 20.2 Å². The Kier molecular flexibility index (Phi) is 2.43. The number of hydrogen-bond donors (Lipinski definition) is 1. The van der Waals surface area contributed by atoms with Crippen molar-refractivity contribution in [1.82, 2.24) is 0 Å². The molecular formula is C11H18O. The van der Waals surface area contributed by atoms with Gasteiger partial charge < -0.3 is 5.11 Å². The second-order valence-electron chi connectivity index (χ2n) is 4.18. The minimum Gasteiger partial charge on any atom is -0.389 e. The van der Waals surface area contributed by atoms with E-state index in [1.54, 1.807) is 6.08 Å². The minimum atomic E-state index is -0.367. The summed E-state index contributed by atoms with van der Waals surface area (Å²) >= 11 is 0. The fourth-order valence-electron chi connectivity index (χ4n) is 1.88. The van der Waals surface area contributed by atoms with Crippen molar-refractivity contribution in [2.24, 2.45) is 11.3 Å². The fourth-order valence-corrected chi connectivity index (χ4v) is 1.88. The Hall–Kier alpha value is -0.560. The average Bonchev–Trinajstić information content (AvgIpc) is 2.27. The highest BCUT2D eigenvalue weighted by Gasteiger charge is 2.37. The minimum absolute atomic E-state index is 0.133. The Labute approximate surface area is 74.8 Å². The number of aliphatic hydroxyl groups excluding tert-OH is 1. The third-order valence-corrected chi connectivity index (χ3v) is 3.28. The third kappa shape index (κ3) is 1.34. The quantitative estimate of drug-likeness (QED) is 0.625. The van der Waals surface area contributed by atoms with Crippen molar-refractivity contribution in [3.05, 3.63) is 24.3 Å². The van der Waals surface area contributed by atoms with Crippen LogP contribution in [0.4, 0.5) is 0 Å². The van der Waals surface area contributed by atoms with Crippen molar-refractivity contribution in [2.45, 2.75) is 33.3 Å². The predicted molar refractivity (Wildman–Crippen MR) is 51.8 cm³/mol.